The number of para-hydroxylation sites is 1. The Morgan fingerprint density at radius 2 is 1.52 bits per heavy atom. The van der Waals surface area contributed by atoms with Crippen molar-refractivity contribution in [2.24, 2.45) is 0 Å². The average Bonchev–Trinajstić information content (AvgIpc) is 2.83. The molecule has 0 N–H and O–H groups in total. The maximum Gasteiger partial charge on any atom is 0.270 e. The average molecular weight is 452 g/mol. The highest BCUT2D eigenvalue weighted by Crippen LogP contribution is 2.46. The van der Waals surface area contributed by atoms with Crippen molar-refractivity contribution < 1.29 is 13.2 Å². The molecule has 0 aliphatic carbocycles. The second kappa shape index (κ2) is 7.91. The van der Waals surface area contributed by atoms with Crippen molar-refractivity contribution in [3.05, 3.63) is 108 Å². The predicted octanol–water partition coefficient (Wildman–Crippen LogP) is 5.38. The van der Waals surface area contributed by atoms with Crippen LogP contribution in [0.2, 0.25) is 0 Å². The smallest absolute Gasteiger partial charge is 0.270 e. The maximum absolute atomic E-state index is 13.9. The molecule has 0 unspecified atom stereocenters. The molecule has 4 aromatic rings. The number of carbonyl (C=O) groups excluding carboxylic acids is 1. The minimum atomic E-state index is -4.14. The van der Waals surface area contributed by atoms with Gasteiger partial charge in [0.2, 0.25) is 5.91 Å². The molecule has 1 amide bonds. The largest absolute Gasteiger partial charge is 0.273 e. The van der Waals surface area contributed by atoms with Crippen LogP contribution < -0.4 is 4.31 Å². The van der Waals surface area contributed by atoms with Gasteiger partial charge in [-0.05, 0) is 47.0 Å². The van der Waals surface area contributed by atoms with Crippen LogP contribution in [-0.4, -0.2) is 14.3 Å². The zero-order chi connectivity index (χ0) is 23.2. The molecule has 1 aliphatic rings. The summed E-state index contributed by atoms with van der Waals surface area (Å²) in [5.41, 5.74) is 2.58. The first-order chi connectivity index (χ1) is 15.9. The summed E-state index contributed by atoms with van der Waals surface area (Å²) in [4.78, 5) is 14.0. The van der Waals surface area contributed by atoms with Gasteiger partial charge in [0.15, 0.2) is 0 Å². The molecular formula is C28H21NO3S. The predicted molar refractivity (Wildman–Crippen MR) is 131 cm³/mol. The Labute approximate surface area is 193 Å². The van der Waals surface area contributed by atoms with Crippen molar-refractivity contribution in [2.75, 3.05) is 4.31 Å². The molecule has 1 heterocycles. The van der Waals surface area contributed by atoms with Crippen molar-refractivity contribution in [2.45, 2.75) is 23.7 Å². The van der Waals surface area contributed by atoms with E-state index in [1.165, 1.54) is 12.1 Å². The molecule has 0 fully saturated rings. The summed E-state index contributed by atoms with van der Waals surface area (Å²) in [6, 6.07) is 27.0. The molecule has 4 aromatic carbocycles. The number of fused-ring (bicyclic) bond motifs is 2. The van der Waals surface area contributed by atoms with E-state index in [0.717, 1.165) is 20.6 Å². The lowest BCUT2D eigenvalue weighted by molar-refractivity contribution is -0.119. The minimum absolute atomic E-state index is 0.0627. The van der Waals surface area contributed by atoms with Crippen LogP contribution in [0.1, 0.15) is 28.5 Å². The quantitative estimate of drug-likeness (QED) is 0.393. The summed E-state index contributed by atoms with van der Waals surface area (Å²) in [6.45, 7) is 1.88. The molecule has 33 heavy (non-hydrogen) atoms. The fraction of sp³-hybridized carbons (Fsp3) is 0.107. The number of anilines is 1. The molecule has 0 radical (unpaired) electrons. The lowest BCUT2D eigenvalue weighted by atomic mass is 9.77. The van der Waals surface area contributed by atoms with Crippen molar-refractivity contribution in [1.82, 2.24) is 0 Å². The number of amides is 1. The van der Waals surface area contributed by atoms with Crippen molar-refractivity contribution in [3.8, 4) is 12.3 Å². The van der Waals surface area contributed by atoms with Gasteiger partial charge in [-0.3, -0.25) is 4.79 Å². The molecule has 0 saturated heterocycles. The van der Waals surface area contributed by atoms with Crippen molar-refractivity contribution in [3.63, 3.8) is 0 Å². The highest BCUT2D eigenvalue weighted by Gasteiger charge is 2.45. The van der Waals surface area contributed by atoms with E-state index < -0.39 is 27.8 Å². The van der Waals surface area contributed by atoms with Crippen molar-refractivity contribution >= 4 is 32.4 Å². The number of sulfonamides is 1. The standard InChI is InChI=1S/C28H21NO3S/c1-3-24-25-10-6-7-11-26(25)29(33(31,32)23-16-12-19(2)13-17-23)28(30)27(24)22-15-14-20-8-4-5-9-21(20)18-22/h1,4-18,24,27H,2H3/t24-,27+/m0/s1. The van der Waals surface area contributed by atoms with E-state index in [1.54, 1.807) is 30.3 Å². The van der Waals surface area contributed by atoms with Crippen LogP contribution in [0.5, 0.6) is 0 Å². The zero-order valence-electron chi connectivity index (χ0n) is 18.0. The van der Waals surface area contributed by atoms with Gasteiger partial charge in [0.25, 0.3) is 10.0 Å². The van der Waals surface area contributed by atoms with Crippen molar-refractivity contribution in [1.29, 1.82) is 0 Å². The Hall–Kier alpha value is -3.88. The highest BCUT2D eigenvalue weighted by molar-refractivity contribution is 7.93. The Morgan fingerprint density at radius 3 is 2.24 bits per heavy atom. The molecule has 0 spiro atoms. The Balaban J connectivity index is 1.72. The highest BCUT2D eigenvalue weighted by atomic mass is 32.2. The molecule has 0 aromatic heterocycles. The normalized spacial score (nSPS) is 18.1. The summed E-state index contributed by atoms with van der Waals surface area (Å²) >= 11 is 0. The number of carbonyl (C=O) groups is 1. The van der Waals surface area contributed by atoms with Crippen LogP contribution in [0.3, 0.4) is 0 Å². The van der Waals surface area contributed by atoms with E-state index in [4.69, 9.17) is 6.42 Å². The summed E-state index contributed by atoms with van der Waals surface area (Å²) in [5.74, 6) is 0.807. The van der Waals surface area contributed by atoms with Crippen LogP contribution in [0.25, 0.3) is 10.8 Å². The number of hydrogen-bond donors (Lipinski definition) is 0. The van der Waals surface area contributed by atoms with Crippen LogP contribution in [0.15, 0.2) is 95.9 Å². The molecule has 162 valence electrons. The van der Waals surface area contributed by atoms with Gasteiger partial charge in [-0.25, -0.2) is 12.7 Å². The van der Waals surface area contributed by atoms with Crippen LogP contribution in [0.4, 0.5) is 5.69 Å². The third kappa shape index (κ3) is 3.40. The maximum atomic E-state index is 13.9. The lowest BCUT2D eigenvalue weighted by Crippen LogP contribution is -2.45. The number of hydrogen-bond acceptors (Lipinski definition) is 3. The van der Waals surface area contributed by atoms with Gasteiger partial charge in [0, 0.05) is 0 Å². The van der Waals surface area contributed by atoms with Gasteiger partial charge in [0.05, 0.1) is 22.4 Å². The fourth-order valence-corrected chi connectivity index (χ4v) is 5.96. The summed E-state index contributed by atoms with van der Waals surface area (Å²) < 4.78 is 28.3. The SMILES string of the molecule is C#C[C@H]1c2ccccc2N(S(=O)(=O)c2ccc(C)cc2)C(=O)[C@@H]1c1ccc2ccccc2c1. The molecular weight excluding hydrogens is 430 g/mol. The van der Waals surface area contributed by atoms with E-state index in [2.05, 4.69) is 5.92 Å². The molecule has 4 nitrogen and oxygen atoms in total. The Bertz CT molecular complexity index is 1530. The van der Waals surface area contributed by atoms with E-state index in [9.17, 15) is 13.2 Å². The first-order valence-electron chi connectivity index (χ1n) is 10.6. The lowest BCUT2D eigenvalue weighted by Gasteiger charge is -2.37. The van der Waals surface area contributed by atoms with Crippen LogP contribution in [0, 0.1) is 19.3 Å². The van der Waals surface area contributed by atoms with E-state index in [0.29, 0.717) is 16.8 Å². The molecule has 2 atom stereocenters. The molecule has 0 bridgehead atoms. The molecule has 1 aliphatic heterocycles. The minimum Gasteiger partial charge on any atom is -0.273 e. The van der Waals surface area contributed by atoms with Crippen LogP contribution >= 0.6 is 0 Å². The first kappa shape index (κ1) is 21.0. The number of benzene rings is 4. The number of aryl methyl sites for hydroxylation is 1. The van der Waals surface area contributed by atoms with E-state index in [1.807, 2.05) is 55.5 Å². The Morgan fingerprint density at radius 1 is 0.848 bits per heavy atom. The first-order valence-corrected chi connectivity index (χ1v) is 12.1. The number of nitrogens with zero attached hydrogens (tertiary/aromatic N) is 1. The summed E-state index contributed by atoms with van der Waals surface area (Å²) in [5, 5.41) is 2.00. The third-order valence-corrected chi connectivity index (χ3v) is 7.89. The van der Waals surface area contributed by atoms with E-state index >= 15 is 0 Å². The molecule has 5 rings (SSSR count). The topological polar surface area (TPSA) is 54.5 Å². The van der Waals surface area contributed by atoms with Gasteiger partial charge in [-0.1, -0.05) is 84.3 Å². The molecule has 5 heteroatoms. The van der Waals surface area contributed by atoms with Gasteiger partial charge in [-0.15, -0.1) is 6.42 Å². The van der Waals surface area contributed by atoms with Gasteiger partial charge in [0.1, 0.15) is 0 Å². The summed E-state index contributed by atoms with van der Waals surface area (Å²) in [7, 11) is -4.14. The zero-order valence-corrected chi connectivity index (χ0v) is 18.8. The fourth-order valence-electron chi connectivity index (χ4n) is 4.49. The third-order valence-electron chi connectivity index (χ3n) is 6.16. The van der Waals surface area contributed by atoms with Crippen LogP contribution in [-0.2, 0) is 14.8 Å². The second-order valence-corrected chi connectivity index (χ2v) is 9.99. The second-order valence-electron chi connectivity index (χ2n) is 8.21. The number of rotatable bonds is 3. The van der Waals surface area contributed by atoms with E-state index in [-0.39, 0.29) is 4.90 Å². The van der Waals surface area contributed by atoms with Gasteiger partial charge < -0.3 is 0 Å². The Kier molecular flexibility index (Phi) is 5.03. The molecule has 0 saturated carbocycles. The number of terminal acetylenes is 1. The summed E-state index contributed by atoms with van der Waals surface area (Å²) in [6.07, 6.45) is 5.93. The van der Waals surface area contributed by atoms with Gasteiger partial charge in [-0.2, -0.15) is 0 Å². The monoisotopic (exact) mass is 451 g/mol. The van der Waals surface area contributed by atoms with Gasteiger partial charge >= 0.3 is 0 Å².